The summed E-state index contributed by atoms with van der Waals surface area (Å²) in [5.41, 5.74) is 0. The summed E-state index contributed by atoms with van der Waals surface area (Å²) >= 11 is 0. The Balaban J connectivity index is 1.74. The highest BCUT2D eigenvalue weighted by Gasteiger charge is 2.48. The molecule has 0 aromatic carbocycles. The van der Waals surface area contributed by atoms with Gasteiger partial charge in [0.1, 0.15) is 0 Å². The van der Waals surface area contributed by atoms with Crippen molar-refractivity contribution in [2.75, 3.05) is 13.2 Å². The first-order valence-corrected chi connectivity index (χ1v) is 9.10. The Labute approximate surface area is 139 Å². The summed E-state index contributed by atoms with van der Waals surface area (Å²) in [6.45, 7) is 4.96. The maximum atomic E-state index is 11.7. The summed E-state index contributed by atoms with van der Waals surface area (Å²) in [5.74, 6) is 0.236. The lowest BCUT2D eigenvalue weighted by Gasteiger charge is -2.28. The van der Waals surface area contributed by atoms with Crippen LogP contribution >= 0.6 is 0 Å². The molecule has 1 heterocycles. The zero-order chi connectivity index (χ0) is 16.7. The lowest BCUT2D eigenvalue weighted by Crippen LogP contribution is -2.32. The number of unbranched alkanes of at least 4 members (excludes halogenated alkanes) is 2. The van der Waals surface area contributed by atoms with Crippen molar-refractivity contribution in [2.24, 2.45) is 11.8 Å². The number of esters is 2. The molecule has 0 aromatic rings. The zero-order valence-electron chi connectivity index (χ0n) is 14.4. The van der Waals surface area contributed by atoms with E-state index >= 15 is 0 Å². The fraction of sp³-hybridized carbons (Fsp3) is 0.889. The molecule has 1 saturated heterocycles. The van der Waals surface area contributed by atoms with Crippen LogP contribution in [-0.2, 0) is 23.8 Å². The van der Waals surface area contributed by atoms with Crippen molar-refractivity contribution in [1.29, 1.82) is 0 Å². The average molecular weight is 326 g/mol. The SMILES string of the molecule is CCCCC(=O)OCC1CC2OC2CC1COC(=O)CCCC. The molecule has 5 heteroatoms. The zero-order valence-corrected chi connectivity index (χ0v) is 14.4. The maximum absolute atomic E-state index is 11.7. The van der Waals surface area contributed by atoms with Gasteiger partial charge in [-0.05, 0) is 25.7 Å². The molecule has 0 bridgehead atoms. The van der Waals surface area contributed by atoms with E-state index in [0.717, 1.165) is 38.5 Å². The predicted molar refractivity (Wildman–Crippen MR) is 85.8 cm³/mol. The molecule has 0 spiro atoms. The van der Waals surface area contributed by atoms with Gasteiger partial charge < -0.3 is 14.2 Å². The largest absolute Gasteiger partial charge is 0.465 e. The van der Waals surface area contributed by atoms with Crippen LogP contribution in [0.2, 0.25) is 0 Å². The molecular weight excluding hydrogens is 296 g/mol. The molecule has 1 aliphatic heterocycles. The molecule has 0 radical (unpaired) electrons. The fourth-order valence-corrected chi connectivity index (χ4v) is 3.17. The van der Waals surface area contributed by atoms with Gasteiger partial charge in [0.25, 0.3) is 0 Å². The number of ether oxygens (including phenoxy) is 3. The molecule has 1 aliphatic carbocycles. The number of rotatable bonds is 10. The van der Waals surface area contributed by atoms with E-state index in [1.165, 1.54) is 0 Å². The van der Waals surface area contributed by atoms with E-state index in [4.69, 9.17) is 14.2 Å². The van der Waals surface area contributed by atoms with Crippen molar-refractivity contribution < 1.29 is 23.8 Å². The van der Waals surface area contributed by atoms with Crippen LogP contribution < -0.4 is 0 Å². The summed E-state index contributed by atoms with van der Waals surface area (Å²) in [6, 6.07) is 0. The van der Waals surface area contributed by atoms with Crippen molar-refractivity contribution in [3.05, 3.63) is 0 Å². The summed E-state index contributed by atoms with van der Waals surface area (Å²) in [6.07, 6.45) is 7.16. The van der Waals surface area contributed by atoms with Gasteiger partial charge in [-0.3, -0.25) is 9.59 Å². The molecule has 23 heavy (non-hydrogen) atoms. The predicted octanol–water partition coefficient (Wildman–Crippen LogP) is 3.25. The Bertz CT molecular complexity index is 359. The summed E-state index contributed by atoms with van der Waals surface area (Å²) in [7, 11) is 0. The minimum atomic E-state index is -0.121. The Hall–Kier alpha value is -1.10. The molecule has 132 valence electrons. The monoisotopic (exact) mass is 326 g/mol. The topological polar surface area (TPSA) is 65.1 Å². The number of fused-ring (bicyclic) bond motifs is 1. The van der Waals surface area contributed by atoms with Crippen molar-refractivity contribution in [1.82, 2.24) is 0 Å². The van der Waals surface area contributed by atoms with Crippen LogP contribution in [0.15, 0.2) is 0 Å². The normalized spacial score (nSPS) is 28.8. The molecule has 2 rings (SSSR count). The van der Waals surface area contributed by atoms with E-state index in [1.807, 2.05) is 0 Å². The molecule has 4 atom stereocenters. The smallest absolute Gasteiger partial charge is 0.305 e. The highest BCUT2D eigenvalue weighted by Crippen LogP contribution is 2.43. The number of hydrogen-bond donors (Lipinski definition) is 0. The summed E-state index contributed by atoms with van der Waals surface area (Å²) in [4.78, 5) is 23.4. The molecule has 0 N–H and O–H groups in total. The number of carbonyl (C=O) groups is 2. The molecule has 0 amide bonds. The van der Waals surface area contributed by atoms with E-state index in [1.54, 1.807) is 0 Å². The Morgan fingerprint density at radius 2 is 1.30 bits per heavy atom. The fourth-order valence-electron chi connectivity index (χ4n) is 3.17. The third-order valence-corrected chi connectivity index (χ3v) is 4.81. The van der Waals surface area contributed by atoms with E-state index in [2.05, 4.69) is 13.8 Å². The second-order valence-electron chi connectivity index (χ2n) is 6.78. The second-order valence-corrected chi connectivity index (χ2v) is 6.78. The molecular formula is C18H30O5. The highest BCUT2D eigenvalue weighted by molar-refractivity contribution is 5.69. The van der Waals surface area contributed by atoms with Crippen molar-refractivity contribution in [2.45, 2.75) is 77.4 Å². The van der Waals surface area contributed by atoms with Gasteiger partial charge in [0.15, 0.2) is 0 Å². The van der Waals surface area contributed by atoms with Gasteiger partial charge in [0.2, 0.25) is 0 Å². The van der Waals surface area contributed by atoms with Gasteiger partial charge in [0, 0.05) is 24.7 Å². The van der Waals surface area contributed by atoms with Crippen LogP contribution in [0, 0.1) is 11.8 Å². The van der Waals surface area contributed by atoms with Crippen LogP contribution in [0.5, 0.6) is 0 Å². The van der Waals surface area contributed by atoms with E-state index in [0.29, 0.717) is 38.3 Å². The first-order chi connectivity index (χ1) is 11.1. The van der Waals surface area contributed by atoms with Crippen molar-refractivity contribution in [3.63, 3.8) is 0 Å². The van der Waals surface area contributed by atoms with Crippen LogP contribution in [0.1, 0.15) is 65.2 Å². The minimum absolute atomic E-state index is 0.121. The Morgan fingerprint density at radius 1 is 0.870 bits per heavy atom. The molecule has 2 fully saturated rings. The number of hydrogen-bond acceptors (Lipinski definition) is 5. The van der Waals surface area contributed by atoms with Crippen molar-refractivity contribution >= 4 is 11.9 Å². The average Bonchev–Trinajstić information content (AvgIpc) is 3.31. The molecule has 1 saturated carbocycles. The van der Waals surface area contributed by atoms with Gasteiger partial charge in [-0.2, -0.15) is 0 Å². The molecule has 2 aliphatic rings. The van der Waals surface area contributed by atoms with E-state index in [9.17, 15) is 9.59 Å². The van der Waals surface area contributed by atoms with E-state index in [-0.39, 0.29) is 23.8 Å². The summed E-state index contributed by atoms with van der Waals surface area (Å²) in [5, 5.41) is 0. The van der Waals surface area contributed by atoms with E-state index < -0.39 is 0 Å². The molecule has 5 nitrogen and oxygen atoms in total. The third-order valence-electron chi connectivity index (χ3n) is 4.81. The second kappa shape index (κ2) is 9.26. The standard InChI is InChI=1S/C18H30O5/c1-3-5-7-17(19)21-11-13-9-15-16(23-15)10-14(13)12-22-18(20)8-6-4-2/h13-16H,3-12H2,1-2H3. The van der Waals surface area contributed by atoms with Gasteiger partial charge in [-0.25, -0.2) is 0 Å². The van der Waals surface area contributed by atoms with Gasteiger partial charge in [-0.1, -0.05) is 26.7 Å². The van der Waals surface area contributed by atoms with Gasteiger partial charge in [0.05, 0.1) is 25.4 Å². The Morgan fingerprint density at radius 3 is 1.70 bits per heavy atom. The number of epoxide rings is 1. The molecule has 4 unspecified atom stereocenters. The summed E-state index contributed by atoms with van der Waals surface area (Å²) < 4.78 is 16.4. The van der Waals surface area contributed by atoms with Gasteiger partial charge in [-0.15, -0.1) is 0 Å². The van der Waals surface area contributed by atoms with Gasteiger partial charge >= 0.3 is 11.9 Å². The van der Waals surface area contributed by atoms with Crippen LogP contribution in [0.25, 0.3) is 0 Å². The molecule has 0 aromatic heterocycles. The highest BCUT2D eigenvalue weighted by atomic mass is 16.6. The lowest BCUT2D eigenvalue weighted by atomic mass is 9.80. The lowest BCUT2D eigenvalue weighted by molar-refractivity contribution is -0.150. The van der Waals surface area contributed by atoms with Crippen LogP contribution in [0.4, 0.5) is 0 Å². The quantitative estimate of drug-likeness (QED) is 0.455. The Kier molecular flexibility index (Phi) is 7.34. The first-order valence-electron chi connectivity index (χ1n) is 9.10. The third kappa shape index (κ3) is 6.13. The maximum Gasteiger partial charge on any atom is 0.305 e. The number of carbonyl (C=O) groups excluding carboxylic acids is 2. The minimum Gasteiger partial charge on any atom is -0.465 e. The van der Waals surface area contributed by atoms with Crippen molar-refractivity contribution in [3.8, 4) is 0 Å². The first kappa shape index (κ1) is 18.2. The van der Waals surface area contributed by atoms with Crippen LogP contribution in [-0.4, -0.2) is 37.4 Å². The van der Waals surface area contributed by atoms with Crippen LogP contribution in [0.3, 0.4) is 0 Å².